The molecule has 2 unspecified atom stereocenters. The second-order valence-corrected chi connectivity index (χ2v) is 2.98. The summed E-state index contributed by atoms with van der Waals surface area (Å²) in [6.45, 7) is 2.21. The summed E-state index contributed by atoms with van der Waals surface area (Å²) in [5, 5.41) is 11.5. The van der Waals surface area contributed by atoms with E-state index in [1.54, 1.807) is 6.92 Å². The number of aliphatic hydroxyl groups is 1. The van der Waals surface area contributed by atoms with Gasteiger partial charge in [0.1, 0.15) is 0 Å². The van der Waals surface area contributed by atoms with Crippen LogP contribution in [-0.4, -0.2) is 43.9 Å². The predicted molar refractivity (Wildman–Crippen MR) is 49.1 cm³/mol. The lowest BCUT2D eigenvalue weighted by Crippen LogP contribution is -2.44. The Hall–Kier alpha value is -0.650. The van der Waals surface area contributed by atoms with Gasteiger partial charge in [-0.3, -0.25) is 4.79 Å². The molecular formula is C8H18N2O3. The Morgan fingerprint density at radius 3 is 2.69 bits per heavy atom. The molecular weight excluding hydrogens is 172 g/mol. The summed E-state index contributed by atoms with van der Waals surface area (Å²) in [6.07, 6.45) is 0. The molecule has 0 radical (unpaired) electrons. The molecule has 0 heterocycles. The highest BCUT2D eigenvalue weighted by Gasteiger charge is 2.15. The van der Waals surface area contributed by atoms with Crippen molar-refractivity contribution in [1.29, 1.82) is 0 Å². The summed E-state index contributed by atoms with van der Waals surface area (Å²) in [6, 6.07) is -0.341. The van der Waals surface area contributed by atoms with E-state index < -0.39 is 0 Å². The van der Waals surface area contributed by atoms with Crippen molar-refractivity contribution >= 4 is 5.91 Å². The number of nitrogens with one attached hydrogen (secondary N) is 1. The molecule has 5 nitrogen and oxygen atoms in total. The molecule has 0 fully saturated rings. The molecule has 13 heavy (non-hydrogen) atoms. The summed E-state index contributed by atoms with van der Waals surface area (Å²) < 4.78 is 4.80. The average molecular weight is 190 g/mol. The molecule has 0 aliphatic rings. The van der Waals surface area contributed by atoms with E-state index >= 15 is 0 Å². The molecule has 1 amide bonds. The van der Waals surface area contributed by atoms with Crippen LogP contribution in [0.25, 0.3) is 0 Å². The number of carbonyl (C=O) groups excluding carboxylic acids is 1. The molecule has 0 bridgehead atoms. The maximum absolute atomic E-state index is 11.3. The number of nitrogens with two attached hydrogens (primary N) is 1. The molecule has 5 heteroatoms. The van der Waals surface area contributed by atoms with Gasteiger partial charge in [-0.05, 0) is 0 Å². The Balaban J connectivity index is 3.85. The predicted octanol–water partition coefficient (Wildman–Crippen LogP) is -1.30. The zero-order valence-electron chi connectivity index (χ0n) is 8.12. The smallest absolute Gasteiger partial charge is 0.224 e. The first kappa shape index (κ1) is 12.3. The van der Waals surface area contributed by atoms with Crippen LogP contribution in [0.3, 0.4) is 0 Å². The Morgan fingerprint density at radius 2 is 2.31 bits per heavy atom. The largest absolute Gasteiger partial charge is 0.394 e. The van der Waals surface area contributed by atoms with Gasteiger partial charge in [-0.2, -0.15) is 0 Å². The van der Waals surface area contributed by atoms with Crippen LogP contribution < -0.4 is 11.1 Å². The van der Waals surface area contributed by atoms with Gasteiger partial charge in [0.25, 0.3) is 0 Å². The SMILES string of the molecule is COCC(CO)NC(=O)C(C)CN. The standard InChI is InChI=1S/C8H18N2O3/c1-6(3-9)8(12)10-7(4-11)5-13-2/h6-7,11H,3-5,9H2,1-2H3,(H,10,12). The minimum absolute atomic E-state index is 0.128. The number of methoxy groups -OCH3 is 1. The molecule has 2 atom stereocenters. The maximum atomic E-state index is 11.3. The van der Waals surface area contributed by atoms with Crippen molar-refractivity contribution in [2.45, 2.75) is 13.0 Å². The summed E-state index contributed by atoms with van der Waals surface area (Å²) in [4.78, 5) is 11.3. The van der Waals surface area contributed by atoms with Crippen molar-refractivity contribution in [3.05, 3.63) is 0 Å². The third-order valence-corrected chi connectivity index (χ3v) is 1.74. The first-order valence-electron chi connectivity index (χ1n) is 4.25. The van der Waals surface area contributed by atoms with Crippen molar-refractivity contribution in [3.8, 4) is 0 Å². The van der Waals surface area contributed by atoms with Crippen LogP contribution in [0.2, 0.25) is 0 Å². The Morgan fingerprint density at radius 1 is 1.69 bits per heavy atom. The van der Waals surface area contributed by atoms with Crippen molar-refractivity contribution in [2.75, 3.05) is 26.9 Å². The topological polar surface area (TPSA) is 84.6 Å². The quantitative estimate of drug-likeness (QED) is 0.486. The molecule has 0 saturated carbocycles. The number of rotatable bonds is 6. The van der Waals surface area contributed by atoms with E-state index in [0.29, 0.717) is 13.2 Å². The van der Waals surface area contributed by atoms with Crippen LogP contribution in [0.15, 0.2) is 0 Å². The molecule has 0 rings (SSSR count). The molecule has 0 aromatic rings. The second-order valence-electron chi connectivity index (χ2n) is 2.98. The van der Waals surface area contributed by atoms with Gasteiger partial charge in [-0.15, -0.1) is 0 Å². The van der Waals surface area contributed by atoms with Crippen LogP contribution in [0.4, 0.5) is 0 Å². The molecule has 0 aliphatic carbocycles. The van der Waals surface area contributed by atoms with Crippen molar-refractivity contribution in [3.63, 3.8) is 0 Å². The molecule has 0 saturated heterocycles. The van der Waals surface area contributed by atoms with E-state index in [1.165, 1.54) is 7.11 Å². The minimum atomic E-state index is -0.341. The third-order valence-electron chi connectivity index (χ3n) is 1.74. The fourth-order valence-corrected chi connectivity index (χ4v) is 0.792. The van der Waals surface area contributed by atoms with Gasteiger partial charge in [-0.1, -0.05) is 6.92 Å². The van der Waals surface area contributed by atoms with E-state index in [9.17, 15) is 4.79 Å². The van der Waals surface area contributed by atoms with Crippen molar-refractivity contribution in [2.24, 2.45) is 11.7 Å². The molecule has 0 spiro atoms. The number of aliphatic hydroxyl groups excluding tert-OH is 1. The Kier molecular flexibility index (Phi) is 6.48. The van der Waals surface area contributed by atoms with Gasteiger partial charge in [-0.25, -0.2) is 0 Å². The van der Waals surface area contributed by atoms with Gasteiger partial charge in [0, 0.05) is 19.6 Å². The number of amides is 1. The monoisotopic (exact) mass is 190 g/mol. The maximum Gasteiger partial charge on any atom is 0.224 e. The van der Waals surface area contributed by atoms with Gasteiger partial charge in [0.15, 0.2) is 0 Å². The van der Waals surface area contributed by atoms with Crippen molar-refractivity contribution < 1.29 is 14.6 Å². The minimum Gasteiger partial charge on any atom is -0.394 e. The number of carbonyl (C=O) groups is 1. The summed E-state index contributed by atoms with van der Waals surface area (Å²) >= 11 is 0. The van der Waals surface area contributed by atoms with E-state index in [0.717, 1.165) is 0 Å². The highest BCUT2D eigenvalue weighted by atomic mass is 16.5. The van der Waals surface area contributed by atoms with Crippen LogP contribution in [-0.2, 0) is 9.53 Å². The molecule has 0 aromatic carbocycles. The summed E-state index contributed by atoms with van der Waals surface area (Å²) in [5.41, 5.74) is 5.31. The van der Waals surface area contributed by atoms with E-state index in [2.05, 4.69) is 5.32 Å². The fourth-order valence-electron chi connectivity index (χ4n) is 0.792. The van der Waals surface area contributed by atoms with Crippen LogP contribution >= 0.6 is 0 Å². The van der Waals surface area contributed by atoms with E-state index in [-0.39, 0.29) is 24.5 Å². The van der Waals surface area contributed by atoms with E-state index in [4.69, 9.17) is 15.6 Å². The van der Waals surface area contributed by atoms with E-state index in [1.807, 2.05) is 0 Å². The third kappa shape index (κ3) is 4.82. The number of ether oxygens (including phenoxy) is 1. The van der Waals surface area contributed by atoms with Crippen LogP contribution in [0.5, 0.6) is 0 Å². The lowest BCUT2D eigenvalue weighted by Gasteiger charge is -2.17. The van der Waals surface area contributed by atoms with Crippen LogP contribution in [0, 0.1) is 5.92 Å². The zero-order valence-corrected chi connectivity index (χ0v) is 8.12. The zero-order chi connectivity index (χ0) is 10.3. The van der Waals surface area contributed by atoms with Gasteiger partial charge < -0.3 is 20.9 Å². The molecule has 4 N–H and O–H groups in total. The highest BCUT2D eigenvalue weighted by Crippen LogP contribution is 1.93. The van der Waals surface area contributed by atoms with Crippen molar-refractivity contribution in [1.82, 2.24) is 5.32 Å². The van der Waals surface area contributed by atoms with Gasteiger partial charge in [0.2, 0.25) is 5.91 Å². The summed E-state index contributed by atoms with van der Waals surface area (Å²) in [7, 11) is 1.52. The van der Waals surface area contributed by atoms with Crippen LogP contribution in [0.1, 0.15) is 6.92 Å². The summed E-state index contributed by atoms with van der Waals surface area (Å²) in [5.74, 6) is -0.385. The lowest BCUT2D eigenvalue weighted by atomic mass is 10.1. The molecule has 0 aliphatic heterocycles. The Bertz CT molecular complexity index is 152. The first-order valence-corrected chi connectivity index (χ1v) is 4.25. The number of hydrogen-bond donors (Lipinski definition) is 3. The normalized spacial score (nSPS) is 15.1. The molecule has 78 valence electrons. The average Bonchev–Trinajstić information content (AvgIpc) is 2.15. The lowest BCUT2D eigenvalue weighted by molar-refractivity contribution is -0.125. The van der Waals surface area contributed by atoms with Gasteiger partial charge in [0.05, 0.1) is 19.3 Å². The number of hydrogen-bond acceptors (Lipinski definition) is 4. The van der Waals surface area contributed by atoms with Gasteiger partial charge >= 0.3 is 0 Å². The highest BCUT2D eigenvalue weighted by molar-refractivity contribution is 5.78. The second kappa shape index (κ2) is 6.82. The Labute approximate surface area is 78.3 Å². The molecule has 0 aromatic heterocycles. The first-order chi connectivity index (χ1) is 6.15. The fraction of sp³-hybridized carbons (Fsp3) is 0.875.